The van der Waals surface area contributed by atoms with E-state index in [2.05, 4.69) is 4.90 Å². The number of esters is 2. The normalized spacial score (nSPS) is 27.6. The lowest BCUT2D eigenvalue weighted by Crippen LogP contribution is -2.47. The number of nitrogens with zero attached hydrogens (tertiary/aromatic N) is 1. The van der Waals surface area contributed by atoms with Crippen LogP contribution in [0.2, 0.25) is 0 Å². The Bertz CT molecular complexity index is 689. The summed E-state index contributed by atoms with van der Waals surface area (Å²) in [6.07, 6.45) is 0.390. The average Bonchev–Trinajstić information content (AvgIpc) is 3.23. The third-order valence-electron chi connectivity index (χ3n) is 5.90. The monoisotopic (exact) mass is 391 g/mol. The average molecular weight is 391 g/mol. The topological polar surface area (TPSA) is 96.3 Å². The maximum Gasteiger partial charge on any atom is 0.340 e. The van der Waals surface area contributed by atoms with Gasteiger partial charge in [0, 0.05) is 12.5 Å². The molecule has 0 saturated carbocycles. The Balaban J connectivity index is 1.55. The third-order valence-corrected chi connectivity index (χ3v) is 5.90. The van der Waals surface area contributed by atoms with Crippen molar-refractivity contribution in [1.82, 2.24) is 4.90 Å². The first-order valence-electron chi connectivity index (χ1n) is 9.84. The zero-order valence-corrected chi connectivity index (χ0v) is 16.4. The molecule has 1 aromatic carbocycles. The number of rotatable bonds is 7. The SMILES string of the molecule is C[C@H](O)[C@](C)(O)C(=O)OC[C@@H]1CCN2CC[C@@H](OC(=O)Cc3ccccc3)[C@@H]12. The van der Waals surface area contributed by atoms with E-state index in [0.29, 0.717) is 0 Å². The minimum Gasteiger partial charge on any atom is -0.463 e. The molecule has 0 aliphatic carbocycles. The van der Waals surface area contributed by atoms with Gasteiger partial charge in [-0.05, 0) is 38.8 Å². The molecule has 2 aliphatic heterocycles. The molecule has 7 nitrogen and oxygen atoms in total. The third kappa shape index (κ3) is 4.54. The number of fused-ring (bicyclic) bond motifs is 1. The molecule has 2 fully saturated rings. The first-order chi connectivity index (χ1) is 13.3. The van der Waals surface area contributed by atoms with Crippen molar-refractivity contribution < 1.29 is 29.3 Å². The van der Waals surface area contributed by atoms with Gasteiger partial charge < -0.3 is 19.7 Å². The maximum atomic E-state index is 12.3. The van der Waals surface area contributed by atoms with E-state index in [1.54, 1.807) is 0 Å². The van der Waals surface area contributed by atoms with Crippen LogP contribution in [0.1, 0.15) is 32.3 Å². The van der Waals surface area contributed by atoms with E-state index in [9.17, 15) is 19.8 Å². The quantitative estimate of drug-likeness (QED) is 0.667. The highest BCUT2D eigenvalue weighted by Gasteiger charge is 2.47. The van der Waals surface area contributed by atoms with Gasteiger partial charge in [-0.3, -0.25) is 9.69 Å². The van der Waals surface area contributed by atoms with Gasteiger partial charge >= 0.3 is 11.9 Å². The number of benzene rings is 1. The van der Waals surface area contributed by atoms with Crippen LogP contribution in [-0.2, 0) is 25.5 Å². The molecular formula is C21H29NO6. The fourth-order valence-electron chi connectivity index (χ4n) is 4.00. The Hall–Kier alpha value is -1.96. The standard InChI is InChI=1S/C21H29NO6/c1-14(23)21(2,26)20(25)27-13-16-8-10-22-11-9-17(19(16)22)28-18(24)12-15-6-4-3-5-7-15/h3-7,14,16-17,19,23,26H,8-13H2,1-2H3/t14-,16-,17+,19+,21-/m0/s1. The zero-order chi connectivity index (χ0) is 20.3. The molecule has 7 heteroatoms. The van der Waals surface area contributed by atoms with Crippen LogP contribution < -0.4 is 0 Å². The molecule has 2 N–H and O–H groups in total. The van der Waals surface area contributed by atoms with Gasteiger partial charge in [-0.2, -0.15) is 0 Å². The van der Waals surface area contributed by atoms with Crippen LogP contribution in [0.3, 0.4) is 0 Å². The molecule has 2 heterocycles. The van der Waals surface area contributed by atoms with Crippen molar-refractivity contribution in [2.45, 2.75) is 57.0 Å². The lowest BCUT2D eigenvalue weighted by Gasteiger charge is -2.28. The van der Waals surface area contributed by atoms with Crippen molar-refractivity contribution in [1.29, 1.82) is 0 Å². The highest BCUT2D eigenvalue weighted by molar-refractivity contribution is 5.79. The van der Waals surface area contributed by atoms with Crippen LogP contribution in [0.5, 0.6) is 0 Å². The summed E-state index contributed by atoms with van der Waals surface area (Å²) in [6, 6.07) is 9.50. The van der Waals surface area contributed by atoms with E-state index in [1.165, 1.54) is 13.8 Å². The van der Waals surface area contributed by atoms with Crippen molar-refractivity contribution in [3.8, 4) is 0 Å². The number of hydrogen-bond donors (Lipinski definition) is 2. The lowest BCUT2D eigenvalue weighted by molar-refractivity contribution is -0.176. The van der Waals surface area contributed by atoms with Crippen molar-refractivity contribution >= 4 is 11.9 Å². The highest BCUT2D eigenvalue weighted by atomic mass is 16.6. The number of carbonyl (C=O) groups excluding carboxylic acids is 2. The highest BCUT2D eigenvalue weighted by Crippen LogP contribution is 2.35. The van der Waals surface area contributed by atoms with E-state index < -0.39 is 17.7 Å². The predicted molar refractivity (Wildman–Crippen MR) is 101 cm³/mol. The van der Waals surface area contributed by atoms with E-state index in [0.717, 1.165) is 31.5 Å². The molecule has 0 bridgehead atoms. The fourth-order valence-corrected chi connectivity index (χ4v) is 4.00. The van der Waals surface area contributed by atoms with Crippen LogP contribution in [0.15, 0.2) is 30.3 Å². The summed E-state index contributed by atoms with van der Waals surface area (Å²) in [6.45, 7) is 4.44. The molecule has 0 amide bonds. The maximum absolute atomic E-state index is 12.3. The van der Waals surface area contributed by atoms with Crippen molar-refractivity contribution in [2.24, 2.45) is 5.92 Å². The minimum atomic E-state index is -1.94. The molecule has 1 aromatic rings. The van der Waals surface area contributed by atoms with Crippen LogP contribution in [0.25, 0.3) is 0 Å². The molecule has 2 saturated heterocycles. The van der Waals surface area contributed by atoms with E-state index in [4.69, 9.17) is 9.47 Å². The summed E-state index contributed by atoms with van der Waals surface area (Å²) >= 11 is 0. The number of ether oxygens (including phenoxy) is 2. The Morgan fingerprint density at radius 2 is 1.93 bits per heavy atom. The Kier molecular flexibility index (Phi) is 6.37. The second-order valence-corrected chi connectivity index (χ2v) is 7.98. The second-order valence-electron chi connectivity index (χ2n) is 7.98. The van der Waals surface area contributed by atoms with Crippen LogP contribution >= 0.6 is 0 Å². The molecule has 0 spiro atoms. The van der Waals surface area contributed by atoms with Crippen molar-refractivity contribution in [3.05, 3.63) is 35.9 Å². The summed E-state index contributed by atoms with van der Waals surface area (Å²) in [5.41, 5.74) is -1.02. The lowest BCUT2D eigenvalue weighted by atomic mass is 9.96. The molecule has 2 aliphatic rings. The predicted octanol–water partition coefficient (Wildman–Crippen LogP) is 0.910. The first-order valence-corrected chi connectivity index (χ1v) is 9.84. The second kappa shape index (κ2) is 8.59. The largest absolute Gasteiger partial charge is 0.463 e. The fraction of sp³-hybridized carbons (Fsp3) is 0.619. The van der Waals surface area contributed by atoms with Crippen LogP contribution in [0.4, 0.5) is 0 Å². The van der Waals surface area contributed by atoms with E-state index in [1.807, 2.05) is 30.3 Å². The van der Waals surface area contributed by atoms with E-state index >= 15 is 0 Å². The summed E-state index contributed by atoms with van der Waals surface area (Å²) in [4.78, 5) is 26.7. The van der Waals surface area contributed by atoms with Gasteiger partial charge in [0.15, 0.2) is 5.60 Å². The Morgan fingerprint density at radius 3 is 2.61 bits per heavy atom. The van der Waals surface area contributed by atoms with Crippen molar-refractivity contribution in [2.75, 3.05) is 19.7 Å². The Labute approximate surface area is 165 Å². The molecule has 3 rings (SSSR count). The van der Waals surface area contributed by atoms with Gasteiger partial charge in [-0.1, -0.05) is 30.3 Å². The van der Waals surface area contributed by atoms with Gasteiger partial charge in [-0.25, -0.2) is 4.79 Å². The molecule has 5 atom stereocenters. The molecular weight excluding hydrogens is 362 g/mol. The summed E-state index contributed by atoms with van der Waals surface area (Å²) in [5, 5.41) is 19.6. The Morgan fingerprint density at radius 1 is 1.25 bits per heavy atom. The van der Waals surface area contributed by atoms with Crippen molar-refractivity contribution in [3.63, 3.8) is 0 Å². The van der Waals surface area contributed by atoms with Crippen LogP contribution in [0, 0.1) is 5.92 Å². The summed E-state index contributed by atoms with van der Waals surface area (Å²) < 4.78 is 11.1. The smallest absolute Gasteiger partial charge is 0.340 e. The first kappa shape index (κ1) is 20.8. The number of carbonyl (C=O) groups is 2. The van der Waals surface area contributed by atoms with E-state index in [-0.39, 0.29) is 37.1 Å². The number of aliphatic hydroxyl groups excluding tert-OH is 1. The minimum absolute atomic E-state index is 0.0176. The number of aliphatic hydroxyl groups is 2. The molecule has 154 valence electrons. The van der Waals surface area contributed by atoms with Gasteiger partial charge in [0.1, 0.15) is 6.10 Å². The molecule has 28 heavy (non-hydrogen) atoms. The van der Waals surface area contributed by atoms with Gasteiger partial charge in [0.05, 0.1) is 25.2 Å². The van der Waals surface area contributed by atoms with Crippen LogP contribution in [-0.4, -0.2) is 70.6 Å². The molecule has 0 unspecified atom stereocenters. The van der Waals surface area contributed by atoms with Gasteiger partial charge in [0.25, 0.3) is 0 Å². The molecule has 0 radical (unpaired) electrons. The zero-order valence-electron chi connectivity index (χ0n) is 16.4. The summed E-state index contributed by atoms with van der Waals surface area (Å²) in [7, 11) is 0. The molecule has 0 aromatic heterocycles. The number of hydrogen-bond acceptors (Lipinski definition) is 7. The van der Waals surface area contributed by atoms with Gasteiger partial charge in [-0.15, -0.1) is 0 Å². The summed E-state index contributed by atoms with van der Waals surface area (Å²) in [5.74, 6) is -1.06. The van der Waals surface area contributed by atoms with Gasteiger partial charge in [0.2, 0.25) is 0 Å².